The summed E-state index contributed by atoms with van der Waals surface area (Å²) in [4.78, 5) is 12.3. The maximum Gasteiger partial charge on any atom is 0.258 e. The van der Waals surface area contributed by atoms with Gasteiger partial charge >= 0.3 is 0 Å². The molecule has 0 fully saturated rings. The smallest absolute Gasteiger partial charge is 0.258 e. The first-order chi connectivity index (χ1) is 12.5. The number of ether oxygens (including phenoxy) is 3. The van der Waals surface area contributed by atoms with Crippen molar-refractivity contribution in [3.8, 4) is 17.2 Å². The van der Waals surface area contributed by atoms with Crippen LogP contribution in [0.3, 0.4) is 0 Å². The summed E-state index contributed by atoms with van der Waals surface area (Å²) in [6.07, 6.45) is 0.808. The lowest BCUT2D eigenvalue weighted by Gasteiger charge is -2.20. The molecule has 1 atom stereocenters. The molecule has 26 heavy (non-hydrogen) atoms. The number of hydrogen-bond acceptors (Lipinski definition) is 4. The van der Waals surface area contributed by atoms with Crippen LogP contribution in [0, 0.1) is 13.8 Å². The molecule has 0 aromatic heterocycles. The van der Waals surface area contributed by atoms with Gasteiger partial charge in [0.05, 0.1) is 20.3 Å². The van der Waals surface area contributed by atoms with Crippen molar-refractivity contribution in [3.63, 3.8) is 0 Å². The van der Waals surface area contributed by atoms with Crippen LogP contribution in [0.15, 0.2) is 36.4 Å². The van der Waals surface area contributed by atoms with Gasteiger partial charge in [0.25, 0.3) is 5.91 Å². The Balaban J connectivity index is 2.01. The highest BCUT2D eigenvalue weighted by Crippen LogP contribution is 2.27. The van der Waals surface area contributed by atoms with Gasteiger partial charge in [0.2, 0.25) is 0 Å². The number of methoxy groups -OCH3 is 2. The van der Waals surface area contributed by atoms with Crippen molar-refractivity contribution in [2.75, 3.05) is 20.8 Å². The minimum Gasteiger partial charge on any atom is -0.496 e. The Morgan fingerprint density at radius 2 is 1.62 bits per heavy atom. The molecule has 2 rings (SSSR count). The predicted octanol–water partition coefficient (Wildman–Crippen LogP) is 3.97. The molecule has 0 heterocycles. The summed E-state index contributed by atoms with van der Waals surface area (Å²) in [6, 6.07) is 11.4. The fourth-order valence-corrected chi connectivity index (χ4v) is 2.87. The summed E-state index contributed by atoms with van der Waals surface area (Å²) < 4.78 is 16.0. The van der Waals surface area contributed by atoms with E-state index in [1.807, 2.05) is 0 Å². The second-order valence-corrected chi connectivity index (χ2v) is 6.23. The molecule has 0 unspecified atom stereocenters. The Bertz CT molecular complexity index is 735. The van der Waals surface area contributed by atoms with E-state index in [1.54, 1.807) is 32.4 Å². The van der Waals surface area contributed by atoms with Crippen LogP contribution < -0.4 is 19.5 Å². The number of carbonyl (C=O) groups is 1. The van der Waals surface area contributed by atoms with Gasteiger partial charge in [0.15, 0.2) is 6.61 Å². The number of rotatable bonds is 8. The number of carbonyl (C=O) groups excluding carboxylic acids is 1. The maximum absolute atomic E-state index is 12.3. The lowest BCUT2D eigenvalue weighted by molar-refractivity contribution is -0.123. The molecule has 1 N–H and O–H groups in total. The van der Waals surface area contributed by atoms with Gasteiger partial charge in [-0.3, -0.25) is 4.79 Å². The number of nitrogens with one attached hydrogen (secondary N) is 1. The quantitative estimate of drug-likeness (QED) is 0.777. The van der Waals surface area contributed by atoms with Crippen LogP contribution >= 0.6 is 0 Å². The maximum atomic E-state index is 12.3. The van der Waals surface area contributed by atoms with Crippen LogP contribution in [0.25, 0.3) is 0 Å². The van der Waals surface area contributed by atoms with Crippen molar-refractivity contribution in [3.05, 3.63) is 53.1 Å². The monoisotopic (exact) mass is 357 g/mol. The van der Waals surface area contributed by atoms with Gasteiger partial charge in [0, 0.05) is 18.2 Å². The summed E-state index contributed by atoms with van der Waals surface area (Å²) in [5, 5.41) is 3.04. The molecular formula is C21H27NO4. The third-order valence-electron chi connectivity index (χ3n) is 4.24. The van der Waals surface area contributed by atoms with Gasteiger partial charge in [-0.05, 0) is 31.4 Å². The molecule has 5 heteroatoms. The van der Waals surface area contributed by atoms with Crippen LogP contribution in [0.2, 0.25) is 0 Å². The predicted molar refractivity (Wildman–Crippen MR) is 102 cm³/mol. The second kappa shape index (κ2) is 9.13. The van der Waals surface area contributed by atoms with Gasteiger partial charge in [-0.15, -0.1) is 0 Å². The van der Waals surface area contributed by atoms with E-state index in [4.69, 9.17) is 14.2 Å². The average molecular weight is 357 g/mol. The van der Waals surface area contributed by atoms with Gasteiger partial charge in [-0.2, -0.15) is 0 Å². The van der Waals surface area contributed by atoms with Crippen LogP contribution in [0.5, 0.6) is 17.2 Å². The Kier molecular flexibility index (Phi) is 6.89. The first-order valence-corrected chi connectivity index (χ1v) is 8.69. The van der Waals surface area contributed by atoms with Crippen molar-refractivity contribution in [2.45, 2.75) is 33.2 Å². The Morgan fingerprint density at radius 1 is 1.00 bits per heavy atom. The number of amides is 1. The highest BCUT2D eigenvalue weighted by atomic mass is 16.5. The highest BCUT2D eigenvalue weighted by Gasteiger charge is 2.15. The molecule has 0 radical (unpaired) electrons. The van der Waals surface area contributed by atoms with E-state index in [0.29, 0.717) is 17.2 Å². The van der Waals surface area contributed by atoms with Crippen molar-refractivity contribution in [1.29, 1.82) is 0 Å². The van der Waals surface area contributed by atoms with Crippen molar-refractivity contribution >= 4 is 5.91 Å². The molecule has 2 aromatic rings. The van der Waals surface area contributed by atoms with Crippen LogP contribution in [-0.4, -0.2) is 26.7 Å². The normalized spacial score (nSPS) is 11.6. The Morgan fingerprint density at radius 3 is 2.15 bits per heavy atom. The largest absolute Gasteiger partial charge is 0.496 e. The second-order valence-electron chi connectivity index (χ2n) is 6.23. The van der Waals surface area contributed by atoms with Crippen molar-refractivity contribution < 1.29 is 19.0 Å². The summed E-state index contributed by atoms with van der Waals surface area (Å²) >= 11 is 0. The number of hydrogen-bond donors (Lipinski definition) is 1. The molecule has 0 bridgehead atoms. The number of aryl methyl sites for hydroxylation is 2. The Labute approximate surface area is 155 Å². The fourth-order valence-electron chi connectivity index (χ4n) is 2.87. The molecule has 0 saturated carbocycles. The molecule has 5 nitrogen and oxygen atoms in total. The molecule has 2 aromatic carbocycles. The fraction of sp³-hybridized carbons (Fsp3) is 0.381. The van der Waals surface area contributed by atoms with E-state index in [2.05, 4.69) is 44.3 Å². The molecule has 0 aliphatic rings. The summed E-state index contributed by atoms with van der Waals surface area (Å²) in [7, 11) is 3.14. The Hall–Kier alpha value is -2.69. The third kappa shape index (κ3) is 5.15. The molecular weight excluding hydrogens is 330 g/mol. The van der Waals surface area contributed by atoms with Crippen LogP contribution in [0.4, 0.5) is 0 Å². The van der Waals surface area contributed by atoms with Crippen LogP contribution in [-0.2, 0) is 4.79 Å². The van der Waals surface area contributed by atoms with Gasteiger partial charge < -0.3 is 19.5 Å². The van der Waals surface area contributed by atoms with Gasteiger partial charge in [-0.1, -0.05) is 30.7 Å². The van der Waals surface area contributed by atoms with Gasteiger partial charge in [-0.25, -0.2) is 0 Å². The van der Waals surface area contributed by atoms with E-state index in [1.165, 1.54) is 11.1 Å². The zero-order chi connectivity index (χ0) is 19.1. The average Bonchev–Trinajstić information content (AvgIpc) is 2.64. The highest BCUT2D eigenvalue weighted by molar-refractivity contribution is 5.78. The van der Waals surface area contributed by atoms with Crippen molar-refractivity contribution in [2.24, 2.45) is 0 Å². The van der Waals surface area contributed by atoms with E-state index in [-0.39, 0.29) is 18.6 Å². The molecule has 0 spiro atoms. The molecule has 0 aliphatic carbocycles. The van der Waals surface area contributed by atoms with E-state index < -0.39 is 0 Å². The third-order valence-corrected chi connectivity index (χ3v) is 4.24. The molecule has 0 aliphatic heterocycles. The molecule has 1 amide bonds. The van der Waals surface area contributed by atoms with Crippen LogP contribution in [0.1, 0.15) is 36.1 Å². The topological polar surface area (TPSA) is 56.8 Å². The molecule has 140 valence electrons. The van der Waals surface area contributed by atoms with E-state index in [0.717, 1.165) is 12.0 Å². The first-order valence-electron chi connectivity index (χ1n) is 8.69. The minimum absolute atomic E-state index is 0.0356. The standard InChI is InChI=1S/C21H27NO4/c1-6-20(19-8-7-14(2)9-15(19)3)22-21(23)13-26-18-11-16(24-4)10-17(12-18)25-5/h7-12,20H,6,13H2,1-5H3,(H,22,23)/t20-/m1/s1. The zero-order valence-electron chi connectivity index (χ0n) is 16.1. The van der Waals surface area contributed by atoms with Crippen molar-refractivity contribution in [1.82, 2.24) is 5.32 Å². The molecule has 0 saturated heterocycles. The SMILES string of the molecule is CC[C@@H](NC(=O)COc1cc(OC)cc(OC)c1)c1ccc(C)cc1C. The van der Waals surface area contributed by atoms with Gasteiger partial charge in [0.1, 0.15) is 17.2 Å². The van der Waals surface area contributed by atoms with E-state index >= 15 is 0 Å². The first kappa shape index (κ1) is 19.6. The summed E-state index contributed by atoms with van der Waals surface area (Å²) in [6.45, 7) is 6.11. The summed E-state index contributed by atoms with van der Waals surface area (Å²) in [5.41, 5.74) is 3.52. The lowest BCUT2D eigenvalue weighted by atomic mass is 9.97. The lowest BCUT2D eigenvalue weighted by Crippen LogP contribution is -2.32. The number of benzene rings is 2. The summed E-state index contributed by atoms with van der Waals surface area (Å²) in [5.74, 6) is 1.58. The zero-order valence-corrected chi connectivity index (χ0v) is 16.1. The minimum atomic E-state index is -0.168. The van der Waals surface area contributed by atoms with E-state index in [9.17, 15) is 4.79 Å².